The van der Waals surface area contributed by atoms with E-state index < -0.39 is 6.10 Å². The van der Waals surface area contributed by atoms with Crippen molar-refractivity contribution in [2.24, 2.45) is 0 Å². The lowest BCUT2D eigenvalue weighted by Crippen LogP contribution is -2.02. The quantitative estimate of drug-likeness (QED) is 0.257. The van der Waals surface area contributed by atoms with Crippen molar-refractivity contribution in [1.29, 1.82) is 0 Å². The van der Waals surface area contributed by atoms with Crippen molar-refractivity contribution < 1.29 is 19.7 Å². The summed E-state index contributed by atoms with van der Waals surface area (Å²) in [4.78, 5) is 0. The van der Waals surface area contributed by atoms with Gasteiger partial charge in [0.05, 0.1) is 6.10 Å². The molecule has 0 amide bonds. The summed E-state index contributed by atoms with van der Waals surface area (Å²) >= 11 is 0.839. The van der Waals surface area contributed by atoms with Crippen LogP contribution in [0.5, 0.6) is 0 Å². The standard InChI is InChI=1S/C3H8O4S/c1-3(4)2-8-7-6-5/h3-5H,2H2,1H3. The van der Waals surface area contributed by atoms with E-state index in [9.17, 15) is 0 Å². The first-order valence-electron chi connectivity index (χ1n) is 2.05. The molecule has 0 bridgehead atoms. The van der Waals surface area contributed by atoms with Crippen molar-refractivity contribution in [1.82, 2.24) is 0 Å². The minimum absolute atomic E-state index is 0.376. The van der Waals surface area contributed by atoms with Gasteiger partial charge in [0.2, 0.25) is 0 Å². The number of aliphatic hydroxyl groups is 1. The molecule has 0 aromatic heterocycles. The van der Waals surface area contributed by atoms with E-state index in [4.69, 9.17) is 10.4 Å². The Bertz CT molecular complexity index is 48.5. The zero-order valence-corrected chi connectivity index (χ0v) is 5.22. The van der Waals surface area contributed by atoms with Gasteiger partial charge in [-0.05, 0) is 6.92 Å². The third kappa shape index (κ3) is 6.19. The van der Waals surface area contributed by atoms with Crippen LogP contribution in [-0.4, -0.2) is 22.2 Å². The molecule has 8 heavy (non-hydrogen) atoms. The second kappa shape index (κ2) is 5.33. The van der Waals surface area contributed by atoms with Crippen LogP contribution in [0.15, 0.2) is 0 Å². The second-order valence-electron chi connectivity index (χ2n) is 1.28. The van der Waals surface area contributed by atoms with Gasteiger partial charge in [-0.1, -0.05) is 5.04 Å². The fourth-order valence-corrected chi connectivity index (χ4v) is 0.443. The van der Waals surface area contributed by atoms with E-state index in [-0.39, 0.29) is 0 Å². The van der Waals surface area contributed by atoms with E-state index in [0.29, 0.717) is 5.75 Å². The van der Waals surface area contributed by atoms with Gasteiger partial charge in [-0.2, -0.15) is 0 Å². The predicted molar refractivity (Wildman–Crippen MR) is 28.9 cm³/mol. The molecule has 0 spiro atoms. The number of hydrogen-bond donors (Lipinski definition) is 2. The van der Waals surface area contributed by atoms with E-state index >= 15 is 0 Å². The summed E-state index contributed by atoms with van der Waals surface area (Å²) in [5.74, 6) is 0.376. The van der Waals surface area contributed by atoms with Crippen LogP contribution in [0.1, 0.15) is 6.92 Å². The summed E-state index contributed by atoms with van der Waals surface area (Å²) in [5.41, 5.74) is 0. The van der Waals surface area contributed by atoms with Crippen LogP contribution < -0.4 is 0 Å². The fourth-order valence-electron chi connectivity index (χ4n) is 0.148. The molecule has 0 aliphatic carbocycles. The van der Waals surface area contributed by atoms with Crippen LogP contribution in [-0.2, 0) is 9.37 Å². The lowest BCUT2D eigenvalue weighted by atomic mass is 10.5. The Kier molecular flexibility index (Phi) is 5.46. The third-order valence-electron chi connectivity index (χ3n) is 0.388. The van der Waals surface area contributed by atoms with E-state index in [0.717, 1.165) is 12.0 Å². The topological polar surface area (TPSA) is 58.9 Å². The summed E-state index contributed by atoms with van der Waals surface area (Å²) in [7, 11) is 0. The van der Waals surface area contributed by atoms with Crippen molar-refractivity contribution in [2.45, 2.75) is 13.0 Å². The number of hydrogen-bond acceptors (Lipinski definition) is 5. The summed E-state index contributed by atoms with van der Waals surface area (Å²) in [6, 6.07) is 0. The average molecular weight is 140 g/mol. The van der Waals surface area contributed by atoms with Crippen LogP contribution in [0.25, 0.3) is 0 Å². The first kappa shape index (κ1) is 8.19. The minimum atomic E-state index is -0.449. The molecule has 4 nitrogen and oxygen atoms in total. The van der Waals surface area contributed by atoms with Gasteiger partial charge >= 0.3 is 0 Å². The summed E-state index contributed by atoms with van der Waals surface area (Å²) < 4.78 is 3.96. The van der Waals surface area contributed by atoms with E-state index in [1.807, 2.05) is 0 Å². The van der Waals surface area contributed by atoms with Crippen LogP contribution in [0.4, 0.5) is 0 Å². The fraction of sp³-hybridized carbons (Fsp3) is 1.00. The monoisotopic (exact) mass is 140 g/mol. The molecule has 0 heterocycles. The second-order valence-corrected chi connectivity index (χ2v) is 1.98. The molecule has 0 radical (unpaired) electrons. The van der Waals surface area contributed by atoms with Crippen molar-refractivity contribution in [3.05, 3.63) is 0 Å². The predicted octanol–water partition coefficient (Wildman–Crippen LogP) is 0.437. The van der Waals surface area contributed by atoms with Gasteiger partial charge < -0.3 is 5.11 Å². The maximum Gasteiger partial charge on any atom is 0.0626 e. The van der Waals surface area contributed by atoms with Gasteiger partial charge in [0.25, 0.3) is 0 Å². The lowest BCUT2D eigenvalue weighted by molar-refractivity contribution is -0.432. The van der Waals surface area contributed by atoms with E-state index in [1.54, 1.807) is 6.92 Å². The van der Waals surface area contributed by atoms with Gasteiger partial charge in [-0.25, -0.2) is 5.26 Å². The summed E-state index contributed by atoms with van der Waals surface area (Å²) in [6.45, 7) is 1.60. The smallest absolute Gasteiger partial charge is 0.0626 e. The number of rotatable bonds is 4. The third-order valence-corrected chi connectivity index (χ3v) is 1.16. The highest BCUT2D eigenvalue weighted by Crippen LogP contribution is 2.02. The van der Waals surface area contributed by atoms with Crippen LogP contribution in [0.2, 0.25) is 0 Å². The summed E-state index contributed by atoms with van der Waals surface area (Å²) in [6.07, 6.45) is -0.449. The molecule has 50 valence electrons. The maximum absolute atomic E-state index is 8.54. The first-order valence-corrected chi connectivity index (χ1v) is 2.96. The average Bonchev–Trinajstić information content (AvgIpc) is 1.66. The molecule has 0 aliphatic heterocycles. The molecular formula is C3H8O4S. The molecule has 0 aliphatic rings. The Hall–Kier alpha value is 0.190. The highest BCUT2D eigenvalue weighted by atomic mass is 32.2. The normalized spacial score (nSPS) is 13.9. The van der Waals surface area contributed by atoms with Crippen molar-refractivity contribution >= 4 is 12.0 Å². The molecule has 0 fully saturated rings. The van der Waals surface area contributed by atoms with Gasteiger partial charge in [-0.15, -0.1) is 4.33 Å². The van der Waals surface area contributed by atoms with Crippen molar-refractivity contribution in [2.75, 3.05) is 5.75 Å². The Morgan fingerprint density at radius 1 is 1.75 bits per heavy atom. The lowest BCUT2D eigenvalue weighted by Gasteiger charge is -1.98. The molecule has 0 saturated heterocycles. The molecule has 5 heteroatoms. The maximum atomic E-state index is 8.54. The molecule has 2 N–H and O–H groups in total. The first-order chi connectivity index (χ1) is 3.77. The largest absolute Gasteiger partial charge is 0.392 e. The molecular weight excluding hydrogens is 132 g/mol. The van der Waals surface area contributed by atoms with E-state index in [2.05, 4.69) is 9.37 Å². The number of aliphatic hydroxyl groups excluding tert-OH is 1. The Labute approximate surface area is 51.5 Å². The highest BCUT2D eigenvalue weighted by molar-refractivity contribution is 7.94. The molecule has 0 saturated carbocycles. The van der Waals surface area contributed by atoms with Gasteiger partial charge in [0.15, 0.2) is 0 Å². The van der Waals surface area contributed by atoms with Gasteiger partial charge in [-0.3, -0.25) is 0 Å². The van der Waals surface area contributed by atoms with E-state index in [1.165, 1.54) is 0 Å². The molecule has 0 aromatic carbocycles. The molecule has 0 aromatic rings. The minimum Gasteiger partial charge on any atom is -0.392 e. The summed E-state index contributed by atoms with van der Waals surface area (Å²) in [5, 5.41) is 19.3. The highest BCUT2D eigenvalue weighted by Gasteiger charge is 1.94. The molecule has 1 atom stereocenters. The van der Waals surface area contributed by atoms with Crippen molar-refractivity contribution in [3.63, 3.8) is 0 Å². The van der Waals surface area contributed by atoms with Gasteiger partial charge in [0.1, 0.15) is 0 Å². The Morgan fingerprint density at radius 3 is 2.75 bits per heavy atom. The zero-order valence-electron chi connectivity index (χ0n) is 4.40. The molecule has 1 unspecified atom stereocenters. The zero-order chi connectivity index (χ0) is 6.41. The Morgan fingerprint density at radius 2 is 2.38 bits per heavy atom. The molecule has 0 rings (SSSR count). The van der Waals surface area contributed by atoms with Crippen LogP contribution >= 0.6 is 12.0 Å². The van der Waals surface area contributed by atoms with Crippen LogP contribution in [0.3, 0.4) is 0 Å². The SMILES string of the molecule is CC(O)CSOOO. The Balaban J connectivity index is 2.72. The van der Waals surface area contributed by atoms with Gasteiger partial charge in [0, 0.05) is 17.8 Å². The van der Waals surface area contributed by atoms with Crippen LogP contribution in [0, 0.1) is 0 Å². The van der Waals surface area contributed by atoms with Crippen molar-refractivity contribution in [3.8, 4) is 0 Å².